The van der Waals surface area contributed by atoms with Gasteiger partial charge in [0, 0.05) is 19.3 Å². The Morgan fingerprint density at radius 3 is 2.18 bits per heavy atom. The van der Waals surface area contributed by atoms with Gasteiger partial charge >= 0.3 is 0 Å². The Bertz CT molecular complexity index is 539. The van der Waals surface area contributed by atoms with E-state index >= 15 is 0 Å². The van der Waals surface area contributed by atoms with Crippen molar-refractivity contribution in [2.24, 2.45) is 7.05 Å². The fourth-order valence-corrected chi connectivity index (χ4v) is 1.31. The van der Waals surface area contributed by atoms with E-state index in [-0.39, 0.29) is 11.8 Å². The van der Waals surface area contributed by atoms with Crippen LogP contribution in [0.1, 0.15) is 0 Å². The smallest absolute Gasteiger partial charge is 0.185 e. The lowest BCUT2D eigenvalue weighted by Crippen LogP contribution is -2.02. The van der Waals surface area contributed by atoms with Gasteiger partial charge in [0.2, 0.25) is 0 Å². The molecule has 17 heavy (non-hydrogen) atoms. The first-order valence-electron chi connectivity index (χ1n) is 4.57. The molecule has 7 heteroatoms. The van der Waals surface area contributed by atoms with Crippen LogP contribution in [0.4, 0.5) is 28.9 Å². The predicted molar refractivity (Wildman–Crippen MR) is 52.8 cm³/mol. The summed E-state index contributed by atoms with van der Waals surface area (Å²) in [7, 11) is 1.59. The highest BCUT2D eigenvalue weighted by molar-refractivity contribution is 5.59. The maximum atomic E-state index is 13.3. The maximum absolute atomic E-state index is 13.3. The average Bonchev–Trinajstić information content (AvgIpc) is 2.68. The predicted octanol–water partition coefficient (Wildman–Crippen LogP) is 2.72. The largest absolute Gasteiger partial charge is 0.348 e. The number of benzene rings is 1. The monoisotopic (exact) mass is 245 g/mol. The molecular weight excluding hydrogens is 238 g/mol. The highest BCUT2D eigenvalue weighted by Gasteiger charge is 2.19. The lowest BCUT2D eigenvalue weighted by atomic mass is 10.2. The van der Waals surface area contributed by atoms with Gasteiger partial charge in [-0.1, -0.05) is 0 Å². The van der Waals surface area contributed by atoms with Crippen LogP contribution in [0, 0.1) is 23.3 Å². The molecule has 0 amide bonds. The van der Waals surface area contributed by atoms with E-state index < -0.39 is 29.0 Å². The van der Waals surface area contributed by atoms with Crippen LogP contribution in [-0.4, -0.2) is 9.78 Å². The summed E-state index contributed by atoms with van der Waals surface area (Å²) in [6.07, 6.45) is 2.67. The Labute approximate surface area is 93.7 Å². The first-order chi connectivity index (χ1) is 7.99. The number of aromatic nitrogens is 2. The summed E-state index contributed by atoms with van der Waals surface area (Å²) < 4.78 is 53.7. The van der Waals surface area contributed by atoms with Crippen molar-refractivity contribution in [1.82, 2.24) is 9.78 Å². The lowest BCUT2D eigenvalue weighted by Gasteiger charge is -2.07. The van der Waals surface area contributed by atoms with Crippen molar-refractivity contribution in [3.05, 3.63) is 41.7 Å². The molecule has 0 fully saturated rings. The molecule has 0 radical (unpaired) electrons. The summed E-state index contributed by atoms with van der Waals surface area (Å²) in [6, 6.07) is 0.152. The molecule has 0 saturated carbocycles. The molecule has 0 spiro atoms. The van der Waals surface area contributed by atoms with Gasteiger partial charge in [0.15, 0.2) is 23.3 Å². The van der Waals surface area contributed by atoms with E-state index in [1.807, 2.05) is 0 Å². The Morgan fingerprint density at radius 1 is 1.12 bits per heavy atom. The van der Waals surface area contributed by atoms with Crippen molar-refractivity contribution in [2.75, 3.05) is 5.32 Å². The zero-order chi connectivity index (χ0) is 12.6. The third-order valence-corrected chi connectivity index (χ3v) is 2.09. The zero-order valence-electron chi connectivity index (χ0n) is 8.64. The van der Waals surface area contributed by atoms with Crippen LogP contribution < -0.4 is 5.32 Å². The highest BCUT2D eigenvalue weighted by atomic mass is 19.2. The van der Waals surface area contributed by atoms with E-state index in [9.17, 15) is 17.6 Å². The molecule has 1 aromatic carbocycles. The molecule has 2 aromatic rings. The fourth-order valence-electron chi connectivity index (χ4n) is 1.31. The van der Waals surface area contributed by atoms with Gasteiger partial charge in [-0.2, -0.15) is 5.10 Å². The number of hydrogen-bond acceptors (Lipinski definition) is 2. The molecule has 0 aliphatic carbocycles. The third kappa shape index (κ3) is 2.08. The summed E-state index contributed by atoms with van der Waals surface area (Å²) in [5, 5.41) is 5.97. The van der Waals surface area contributed by atoms with E-state index in [1.165, 1.54) is 17.1 Å². The Kier molecular flexibility index (Phi) is 2.74. The highest BCUT2D eigenvalue weighted by Crippen LogP contribution is 2.26. The number of nitrogens with one attached hydrogen (secondary N) is 1. The standard InChI is InChI=1S/C10H7F4N3/c1-17-4-5(3-15-17)16-10-8(13)6(11)2-7(12)9(10)14/h2-4,16H,1H3. The van der Waals surface area contributed by atoms with E-state index in [0.29, 0.717) is 0 Å². The SMILES string of the molecule is Cn1cc(Nc2c(F)c(F)cc(F)c2F)cn1. The molecule has 1 N–H and O–H groups in total. The van der Waals surface area contributed by atoms with Gasteiger partial charge in [-0.05, 0) is 0 Å². The molecule has 0 bridgehead atoms. The van der Waals surface area contributed by atoms with Crippen LogP contribution in [0.25, 0.3) is 0 Å². The maximum Gasteiger partial charge on any atom is 0.185 e. The van der Waals surface area contributed by atoms with Gasteiger partial charge in [-0.3, -0.25) is 4.68 Å². The van der Waals surface area contributed by atoms with Crippen LogP contribution in [-0.2, 0) is 7.05 Å². The molecule has 0 unspecified atom stereocenters. The molecule has 1 heterocycles. The van der Waals surface area contributed by atoms with Crippen molar-refractivity contribution in [2.45, 2.75) is 0 Å². The molecule has 1 aromatic heterocycles. The third-order valence-electron chi connectivity index (χ3n) is 2.09. The van der Waals surface area contributed by atoms with E-state index in [0.717, 1.165) is 0 Å². The van der Waals surface area contributed by atoms with Crippen LogP contribution >= 0.6 is 0 Å². The molecule has 0 aliphatic rings. The molecule has 0 aliphatic heterocycles. The number of aryl methyl sites for hydroxylation is 1. The quantitative estimate of drug-likeness (QED) is 0.651. The van der Waals surface area contributed by atoms with Crippen molar-refractivity contribution < 1.29 is 17.6 Å². The minimum Gasteiger partial charge on any atom is -0.348 e. The molecule has 0 atom stereocenters. The Hall–Kier alpha value is -2.05. The van der Waals surface area contributed by atoms with Crippen LogP contribution in [0.2, 0.25) is 0 Å². The normalized spacial score (nSPS) is 10.6. The van der Waals surface area contributed by atoms with Gasteiger partial charge in [-0.25, -0.2) is 17.6 Å². The van der Waals surface area contributed by atoms with Gasteiger partial charge in [-0.15, -0.1) is 0 Å². The van der Waals surface area contributed by atoms with E-state index in [1.54, 1.807) is 7.05 Å². The summed E-state index contributed by atoms with van der Waals surface area (Å²) in [6.45, 7) is 0. The number of hydrogen-bond donors (Lipinski definition) is 1. The van der Waals surface area contributed by atoms with Crippen molar-refractivity contribution in [1.29, 1.82) is 0 Å². The van der Waals surface area contributed by atoms with Crippen LogP contribution in [0.3, 0.4) is 0 Å². The first-order valence-corrected chi connectivity index (χ1v) is 4.57. The van der Waals surface area contributed by atoms with Crippen molar-refractivity contribution in [3.8, 4) is 0 Å². The fraction of sp³-hybridized carbons (Fsp3) is 0.100. The molecule has 3 nitrogen and oxygen atoms in total. The van der Waals surface area contributed by atoms with E-state index in [2.05, 4.69) is 10.4 Å². The number of anilines is 2. The lowest BCUT2D eigenvalue weighted by molar-refractivity contribution is 0.459. The first kappa shape index (κ1) is 11.4. The second-order valence-corrected chi connectivity index (χ2v) is 3.37. The molecule has 2 rings (SSSR count). The molecule has 90 valence electrons. The summed E-state index contributed by atoms with van der Waals surface area (Å²) >= 11 is 0. The van der Waals surface area contributed by atoms with Gasteiger partial charge < -0.3 is 5.32 Å². The average molecular weight is 245 g/mol. The van der Waals surface area contributed by atoms with Crippen molar-refractivity contribution in [3.63, 3.8) is 0 Å². The number of rotatable bonds is 2. The minimum atomic E-state index is -1.48. The van der Waals surface area contributed by atoms with Gasteiger partial charge in [0.1, 0.15) is 5.69 Å². The van der Waals surface area contributed by atoms with E-state index in [4.69, 9.17) is 0 Å². The zero-order valence-corrected chi connectivity index (χ0v) is 8.64. The second kappa shape index (κ2) is 4.08. The van der Waals surface area contributed by atoms with Gasteiger partial charge in [0.25, 0.3) is 0 Å². The van der Waals surface area contributed by atoms with Gasteiger partial charge in [0.05, 0.1) is 11.9 Å². The summed E-state index contributed by atoms with van der Waals surface area (Å²) in [5.74, 6) is -5.88. The summed E-state index contributed by atoms with van der Waals surface area (Å²) in [5.41, 5.74) is -0.661. The number of nitrogens with zero attached hydrogens (tertiary/aromatic N) is 2. The van der Waals surface area contributed by atoms with Crippen LogP contribution in [0.5, 0.6) is 0 Å². The molecule has 0 saturated heterocycles. The Morgan fingerprint density at radius 2 is 1.71 bits per heavy atom. The minimum absolute atomic E-state index is 0.152. The summed E-state index contributed by atoms with van der Waals surface area (Å²) in [4.78, 5) is 0. The van der Waals surface area contributed by atoms with Crippen molar-refractivity contribution >= 4 is 11.4 Å². The topological polar surface area (TPSA) is 29.9 Å². The number of halogens is 4. The molecular formula is C10H7F4N3. The Balaban J connectivity index is 2.45. The van der Waals surface area contributed by atoms with Crippen LogP contribution in [0.15, 0.2) is 18.5 Å². The second-order valence-electron chi connectivity index (χ2n) is 3.37.